The van der Waals surface area contributed by atoms with Gasteiger partial charge in [-0.2, -0.15) is 5.10 Å². The van der Waals surface area contributed by atoms with Crippen LogP contribution in [0, 0.1) is 0 Å². The molecule has 3 amide bonds. The first kappa shape index (κ1) is 27.0. The predicted molar refractivity (Wildman–Crippen MR) is 141 cm³/mol. The summed E-state index contributed by atoms with van der Waals surface area (Å²) in [6.07, 6.45) is 0. The maximum Gasteiger partial charge on any atom is 0.322 e. The van der Waals surface area contributed by atoms with Crippen LogP contribution in [0.1, 0.15) is 26.5 Å². The van der Waals surface area contributed by atoms with E-state index in [1.54, 1.807) is 42.1 Å². The lowest BCUT2D eigenvalue weighted by atomic mass is 9.92. The Morgan fingerprint density at radius 3 is 2.36 bits per heavy atom. The summed E-state index contributed by atoms with van der Waals surface area (Å²) in [7, 11) is 3.11. The fourth-order valence-electron chi connectivity index (χ4n) is 3.33. The Morgan fingerprint density at radius 2 is 1.75 bits per heavy atom. The summed E-state index contributed by atoms with van der Waals surface area (Å²) < 4.78 is 11.9. The number of nitrogens with one attached hydrogen (secondary N) is 2. The third-order valence-corrected chi connectivity index (χ3v) is 5.67. The van der Waals surface area contributed by atoms with Gasteiger partial charge in [-0.1, -0.05) is 44.5 Å². The molecule has 2 N–H and O–H groups in total. The van der Waals surface area contributed by atoms with Crippen molar-refractivity contribution in [3.63, 3.8) is 0 Å². The molecule has 3 rings (SSSR count). The molecule has 0 atom stereocenters. The topological polar surface area (TPSA) is 97.7 Å². The average molecular weight is 514 g/mol. The molecule has 0 aliphatic carbocycles. The number of halogens is 1. The van der Waals surface area contributed by atoms with Gasteiger partial charge in [0.2, 0.25) is 5.91 Å². The van der Waals surface area contributed by atoms with Crippen molar-refractivity contribution in [1.82, 2.24) is 14.7 Å². The molecule has 0 saturated heterocycles. The zero-order valence-electron chi connectivity index (χ0n) is 21.2. The van der Waals surface area contributed by atoms with E-state index in [9.17, 15) is 9.59 Å². The first-order chi connectivity index (χ1) is 17.1. The molecular weight excluding hydrogens is 482 g/mol. The van der Waals surface area contributed by atoms with Crippen LogP contribution in [0.15, 0.2) is 54.6 Å². The van der Waals surface area contributed by atoms with E-state index in [0.29, 0.717) is 28.0 Å². The quantitative estimate of drug-likeness (QED) is 0.422. The second kappa shape index (κ2) is 11.9. The molecule has 192 valence electrons. The number of nitrogens with zero attached hydrogens (tertiary/aromatic N) is 3. The number of ether oxygens (including phenoxy) is 2. The molecule has 0 aliphatic heterocycles. The third kappa shape index (κ3) is 6.99. The van der Waals surface area contributed by atoms with E-state index in [4.69, 9.17) is 26.2 Å². The molecule has 0 aliphatic rings. The second-order valence-electron chi connectivity index (χ2n) is 9.15. The summed E-state index contributed by atoms with van der Waals surface area (Å²) in [5.74, 6) is 0.748. The molecule has 0 unspecified atom stereocenters. The minimum Gasteiger partial charge on any atom is -0.497 e. The number of hydrogen-bond donors (Lipinski definition) is 2. The zero-order chi connectivity index (χ0) is 26.3. The zero-order valence-corrected chi connectivity index (χ0v) is 21.9. The summed E-state index contributed by atoms with van der Waals surface area (Å²) in [6, 6.07) is 15.6. The van der Waals surface area contributed by atoms with E-state index < -0.39 is 6.03 Å². The molecule has 36 heavy (non-hydrogen) atoms. The Morgan fingerprint density at radius 1 is 1.06 bits per heavy atom. The van der Waals surface area contributed by atoms with Crippen LogP contribution in [0.3, 0.4) is 0 Å². The molecular formula is C26H32ClN5O4. The van der Waals surface area contributed by atoms with E-state index in [-0.39, 0.29) is 31.0 Å². The number of aromatic nitrogens is 2. The van der Waals surface area contributed by atoms with Crippen LogP contribution in [0.4, 0.5) is 16.3 Å². The number of hydrogen-bond acceptors (Lipinski definition) is 5. The van der Waals surface area contributed by atoms with Gasteiger partial charge in [-0.25, -0.2) is 9.48 Å². The Labute approximate surface area is 216 Å². The SMILES string of the molecule is COCCN(CC(=O)Nc1cc(C(C)(C)C)nn1-c1ccccc1Cl)C(=O)Nc1ccc(OC)cc1. The molecule has 0 spiro atoms. The Hall–Kier alpha value is -3.56. The van der Waals surface area contributed by atoms with Gasteiger partial charge < -0.3 is 25.0 Å². The molecule has 1 aromatic heterocycles. The molecule has 0 fully saturated rings. The van der Waals surface area contributed by atoms with Crippen molar-refractivity contribution in [3.05, 3.63) is 65.3 Å². The highest BCUT2D eigenvalue weighted by Gasteiger charge is 2.24. The molecule has 2 aromatic carbocycles. The lowest BCUT2D eigenvalue weighted by Gasteiger charge is -2.22. The van der Waals surface area contributed by atoms with Gasteiger partial charge >= 0.3 is 6.03 Å². The van der Waals surface area contributed by atoms with Crippen LogP contribution in [-0.2, 0) is 14.9 Å². The number of urea groups is 1. The van der Waals surface area contributed by atoms with Gasteiger partial charge in [0, 0.05) is 30.8 Å². The molecule has 0 saturated carbocycles. The fourth-order valence-corrected chi connectivity index (χ4v) is 3.55. The van der Waals surface area contributed by atoms with E-state index >= 15 is 0 Å². The number of rotatable bonds is 9. The second-order valence-corrected chi connectivity index (χ2v) is 9.56. The van der Waals surface area contributed by atoms with Gasteiger partial charge in [-0.15, -0.1) is 0 Å². The number of methoxy groups -OCH3 is 2. The van der Waals surface area contributed by atoms with Crippen molar-refractivity contribution in [3.8, 4) is 11.4 Å². The fraction of sp³-hybridized carbons (Fsp3) is 0.346. The Kier molecular flexibility index (Phi) is 8.95. The van der Waals surface area contributed by atoms with E-state index in [0.717, 1.165) is 5.69 Å². The largest absolute Gasteiger partial charge is 0.497 e. The lowest BCUT2D eigenvalue weighted by Crippen LogP contribution is -2.42. The maximum atomic E-state index is 13.1. The standard InChI is InChI=1S/C26H32ClN5O4/c1-26(2,3)22-16-23(32(30-22)21-9-7-6-8-20(21)27)29-24(33)17-31(14-15-35-4)25(34)28-18-10-12-19(36-5)13-11-18/h6-13,16H,14-15,17H2,1-5H3,(H,28,34)(H,29,33). The summed E-state index contributed by atoms with van der Waals surface area (Å²) in [5, 5.41) is 10.9. The highest BCUT2D eigenvalue weighted by atomic mass is 35.5. The monoisotopic (exact) mass is 513 g/mol. The minimum absolute atomic E-state index is 0.191. The van der Waals surface area contributed by atoms with Crippen LogP contribution >= 0.6 is 11.6 Å². The van der Waals surface area contributed by atoms with E-state index in [1.807, 2.05) is 45.0 Å². The molecule has 0 radical (unpaired) electrons. The van der Waals surface area contributed by atoms with Crippen molar-refractivity contribution in [2.24, 2.45) is 0 Å². The molecule has 10 heteroatoms. The summed E-state index contributed by atoms with van der Waals surface area (Å²) in [5.41, 5.74) is 1.74. The van der Waals surface area contributed by atoms with Crippen molar-refractivity contribution in [2.75, 3.05) is 44.5 Å². The highest BCUT2D eigenvalue weighted by molar-refractivity contribution is 6.32. The number of amides is 3. The van der Waals surface area contributed by atoms with Gasteiger partial charge in [0.15, 0.2) is 0 Å². The Balaban J connectivity index is 1.80. The minimum atomic E-state index is -0.428. The Bertz CT molecular complexity index is 1190. The predicted octanol–water partition coefficient (Wildman–Crippen LogP) is 4.95. The van der Waals surface area contributed by atoms with Crippen molar-refractivity contribution < 1.29 is 19.1 Å². The number of para-hydroxylation sites is 1. The normalized spacial score (nSPS) is 11.2. The number of anilines is 2. The van der Waals surface area contributed by atoms with Crippen molar-refractivity contribution in [1.29, 1.82) is 0 Å². The summed E-state index contributed by atoms with van der Waals surface area (Å²) in [4.78, 5) is 27.4. The first-order valence-electron chi connectivity index (χ1n) is 11.5. The molecule has 0 bridgehead atoms. The van der Waals surface area contributed by atoms with Crippen LogP contribution in [0.2, 0.25) is 5.02 Å². The molecule has 3 aromatic rings. The smallest absolute Gasteiger partial charge is 0.322 e. The molecule has 9 nitrogen and oxygen atoms in total. The van der Waals surface area contributed by atoms with Gasteiger partial charge in [0.25, 0.3) is 0 Å². The number of carbonyl (C=O) groups excluding carboxylic acids is 2. The lowest BCUT2D eigenvalue weighted by molar-refractivity contribution is -0.116. The maximum absolute atomic E-state index is 13.1. The van der Waals surface area contributed by atoms with Gasteiger partial charge in [0.05, 0.1) is 30.1 Å². The number of carbonyl (C=O) groups is 2. The summed E-state index contributed by atoms with van der Waals surface area (Å²) >= 11 is 6.41. The third-order valence-electron chi connectivity index (χ3n) is 5.35. The van der Waals surface area contributed by atoms with Gasteiger partial charge in [-0.3, -0.25) is 4.79 Å². The van der Waals surface area contributed by atoms with Gasteiger partial charge in [0.1, 0.15) is 18.1 Å². The van der Waals surface area contributed by atoms with Crippen LogP contribution in [0.5, 0.6) is 5.75 Å². The van der Waals surface area contributed by atoms with Crippen LogP contribution < -0.4 is 15.4 Å². The highest BCUT2D eigenvalue weighted by Crippen LogP contribution is 2.29. The van der Waals surface area contributed by atoms with Crippen LogP contribution in [0.25, 0.3) is 5.69 Å². The van der Waals surface area contributed by atoms with Crippen LogP contribution in [-0.4, -0.2) is 60.5 Å². The van der Waals surface area contributed by atoms with Gasteiger partial charge in [-0.05, 0) is 36.4 Å². The average Bonchev–Trinajstić information content (AvgIpc) is 3.26. The molecule has 1 heterocycles. The van der Waals surface area contributed by atoms with Crippen molar-refractivity contribution >= 4 is 35.0 Å². The van der Waals surface area contributed by atoms with Crippen molar-refractivity contribution in [2.45, 2.75) is 26.2 Å². The number of benzene rings is 2. The first-order valence-corrected chi connectivity index (χ1v) is 11.8. The van der Waals surface area contributed by atoms with E-state index in [1.165, 1.54) is 12.0 Å². The summed E-state index contributed by atoms with van der Waals surface area (Å²) in [6.45, 7) is 6.41. The van der Waals surface area contributed by atoms with E-state index in [2.05, 4.69) is 10.6 Å².